The Morgan fingerprint density at radius 3 is 2.50 bits per heavy atom. The van der Waals surface area contributed by atoms with Crippen LogP contribution >= 0.6 is 0 Å². The van der Waals surface area contributed by atoms with Crippen molar-refractivity contribution in [3.05, 3.63) is 23.4 Å². The number of aryl methyl sites for hydroxylation is 1. The van der Waals surface area contributed by atoms with Crippen molar-refractivity contribution in [1.82, 2.24) is 10.3 Å². The van der Waals surface area contributed by atoms with E-state index in [4.69, 9.17) is 4.74 Å². The Balaban J connectivity index is 2.86. The van der Waals surface area contributed by atoms with Gasteiger partial charge in [0.15, 0.2) is 0 Å². The van der Waals surface area contributed by atoms with Crippen molar-refractivity contribution in [3.63, 3.8) is 0 Å². The Morgan fingerprint density at radius 1 is 1.15 bits per heavy atom. The second kappa shape index (κ2) is 8.25. The van der Waals surface area contributed by atoms with E-state index in [1.165, 1.54) is 5.56 Å². The summed E-state index contributed by atoms with van der Waals surface area (Å²) in [6.07, 6.45) is 4.23. The maximum absolute atomic E-state index is 6.05. The van der Waals surface area contributed by atoms with Crippen molar-refractivity contribution in [3.8, 4) is 5.88 Å². The fraction of sp³-hybridized carbons (Fsp3) is 0.706. The summed E-state index contributed by atoms with van der Waals surface area (Å²) in [4.78, 5) is 4.63. The number of nitrogens with one attached hydrogen (secondary N) is 1. The van der Waals surface area contributed by atoms with E-state index in [2.05, 4.69) is 57.1 Å². The first-order chi connectivity index (χ1) is 9.50. The average molecular weight is 278 g/mol. The zero-order chi connectivity index (χ0) is 15.0. The lowest BCUT2D eigenvalue weighted by Gasteiger charge is -2.24. The molecule has 0 bridgehead atoms. The first-order valence-corrected chi connectivity index (χ1v) is 7.90. The number of rotatable bonds is 9. The maximum Gasteiger partial charge on any atom is 0.214 e. The van der Waals surface area contributed by atoms with Gasteiger partial charge in [0.25, 0.3) is 0 Å². The van der Waals surface area contributed by atoms with Crippen LogP contribution in [0.1, 0.15) is 65.1 Å². The Labute approximate surface area is 124 Å². The quantitative estimate of drug-likeness (QED) is 0.690. The van der Waals surface area contributed by atoms with Gasteiger partial charge < -0.3 is 10.1 Å². The van der Waals surface area contributed by atoms with Crippen LogP contribution in [0, 0.1) is 0 Å². The minimum Gasteiger partial charge on any atom is -0.472 e. The molecular weight excluding hydrogens is 248 g/mol. The van der Waals surface area contributed by atoms with Crippen LogP contribution in [0.3, 0.4) is 0 Å². The first kappa shape index (κ1) is 17.0. The van der Waals surface area contributed by atoms with E-state index in [9.17, 15) is 0 Å². The Bertz CT molecular complexity index is 402. The SMILES string of the molecule is CCCNCc1cc(CCC)nc(OC(C)(C)CC)c1. The lowest BCUT2D eigenvalue weighted by atomic mass is 10.1. The number of pyridine rings is 1. The molecule has 20 heavy (non-hydrogen) atoms. The van der Waals surface area contributed by atoms with Crippen molar-refractivity contribution in [2.75, 3.05) is 6.54 Å². The molecule has 0 aliphatic heterocycles. The highest BCUT2D eigenvalue weighted by atomic mass is 16.5. The molecule has 0 fully saturated rings. The highest BCUT2D eigenvalue weighted by molar-refractivity contribution is 5.26. The molecule has 1 N–H and O–H groups in total. The Hall–Kier alpha value is -1.09. The monoisotopic (exact) mass is 278 g/mol. The van der Waals surface area contributed by atoms with Gasteiger partial charge in [-0.2, -0.15) is 0 Å². The molecule has 0 aliphatic carbocycles. The molecule has 0 spiro atoms. The van der Waals surface area contributed by atoms with Crippen LogP contribution in [0.25, 0.3) is 0 Å². The topological polar surface area (TPSA) is 34.2 Å². The second-order valence-electron chi connectivity index (χ2n) is 5.95. The number of ether oxygens (including phenoxy) is 1. The zero-order valence-electron chi connectivity index (χ0n) is 13.8. The van der Waals surface area contributed by atoms with Crippen LogP contribution in [0.4, 0.5) is 0 Å². The van der Waals surface area contributed by atoms with Gasteiger partial charge in [0.05, 0.1) is 0 Å². The van der Waals surface area contributed by atoms with E-state index in [1.54, 1.807) is 0 Å². The standard InChI is InChI=1S/C17H30N2O/c1-6-9-15-11-14(13-18-10-7-2)12-16(19-15)20-17(4,5)8-3/h11-12,18H,6-10,13H2,1-5H3. The average Bonchev–Trinajstić information content (AvgIpc) is 2.39. The minimum atomic E-state index is -0.161. The largest absolute Gasteiger partial charge is 0.472 e. The van der Waals surface area contributed by atoms with Gasteiger partial charge in [-0.3, -0.25) is 0 Å². The molecule has 3 nitrogen and oxygen atoms in total. The summed E-state index contributed by atoms with van der Waals surface area (Å²) in [5.74, 6) is 0.760. The highest BCUT2D eigenvalue weighted by Crippen LogP contribution is 2.21. The lowest BCUT2D eigenvalue weighted by Crippen LogP contribution is -2.27. The van der Waals surface area contributed by atoms with Crippen LogP contribution in [-0.2, 0) is 13.0 Å². The summed E-state index contributed by atoms with van der Waals surface area (Å²) in [5.41, 5.74) is 2.23. The molecule has 0 aliphatic rings. The number of nitrogens with zero attached hydrogens (tertiary/aromatic N) is 1. The highest BCUT2D eigenvalue weighted by Gasteiger charge is 2.18. The third kappa shape index (κ3) is 5.91. The molecule has 0 amide bonds. The zero-order valence-corrected chi connectivity index (χ0v) is 13.8. The van der Waals surface area contributed by atoms with E-state index in [0.717, 1.165) is 50.3 Å². The van der Waals surface area contributed by atoms with E-state index in [-0.39, 0.29) is 5.60 Å². The number of aromatic nitrogens is 1. The fourth-order valence-electron chi connectivity index (χ4n) is 1.92. The van der Waals surface area contributed by atoms with E-state index >= 15 is 0 Å². The predicted octanol–water partition coefficient (Wildman–Crippen LogP) is 4.10. The van der Waals surface area contributed by atoms with Gasteiger partial charge in [0, 0.05) is 18.3 Å². The maximum atomic E-state index is 6.05. The lowest BCUT2D eigenvalue weighted by molar-refractivity contribution is 0.0986. The van der Waals surface area contributed by atoms with Gasteiger partial charge in [-0.05, 0) is 51.3 Å². The van der Waals surface area contributed by atoms with Crippen LogP contribution < -0.4 is 10.1 Å². The summed E-state index contributed by atoms with van der Waals surface area (Å²) in [7, 11) is 0. The molecule has 0 saturated carbocycles. The van der Waals surface area contributed by atoms with Crippen molar-refractivity contribution >= 4 is 0 Å². The smallest absolute Gasteiger partial charge is 0.214 e. The van der Waals surface area contributed by atoms with Crippen molar-refractivity contribution in [2.45, 2.75) is 72.4 Å². The molecule has 3 heteroatoms. The first-order valence-electron chi connectivity index (χ1n) is 7.90. The summed E-state index contributed by atoms with van der Waals surface area (Å²) in [5, 5.41) is 3.44. The van der Waals surface area contributed by atoms with Gasteiger partial charge in [0.1, 0.15) is 5.60 Å². The Kier molecular flexibility index (Phi) is 7.00. The predicted molar refractivity (Wildman–Crippen MR) is 85.2 cm³/mol. The van der Waals surface area contributed by atoms with E-state index < -0.39 is 0 Å². The molecule has 0 unspecified atom stereocenters. The van der Waals surface area contributed by atoms with Gasteiger partial charge in [-0.15, -0.1) is 0 Å². The third-order valence-corrected chi connectivity index (χ3v) is 3.41. The molecule has 1 rings (SSSR count). The molecular formula is C17H30N2O. The minimum absolute atomic E-state index is 0.161. The van der Waals surface area contributed by atoms with E-state index in [1.807, 2.05) is 0 Å². The molecule has 1 aromatic rings. The third-order valence-electron chi connectivity index (χ3n) is 3.41. The number of hydrogen-bond acceptors (Lipinski definition) is 3. The molecule has 114 valence electrons. The molecule has 1 heterocycles. The molecule has 0 atom stereocenters. The van der Waals surface area contributed by atoms with Crippen LogP contribution in [-0.4, -0.2) is 17.1 Å². The second-order valence-corrected chi connectivity index (χ2v) is 5.95. The molecule has 0 radical (unpaired) electrons. The Morgan fingerprint density at radius 2 is 1.90 bits per heavy atom. The van der Waals surface area contributed by atoms with E-state index in [0.29, 0.717) is 0 Å². The van der Waals surface area contributed by atoms with Gasteiger partial charge >= 0.3 is 0 Å². The molecule has 0 aromatic carbocycles. The van der Waals surface area contributed by atoms with Gasteiger partial charge in [0.2, 0.25) is 5.88 Å². The van der Waals surface area contributed by atoms with Crippen LogP contribution in [0.15, 0.2) is 12.1 Å². The van der Waals surface area contributed by atoms with Crippen molar-refractivity contribution in [2.24, 2.45) is 0 Å². The summed E-state index contributed by atoms with van der Waals surface area (Å²) in [6, 6.07) is 4.26. The van der Waals surface area contributed by atoms with Crippen LogP contribution in [0.5, 0.6) is 5.88 Å². The van der Waals surface area contributed by atoms with Gasteiger partial charge in [-0.1, -0.05) is 27.2 Å². The molecule has 1 aromatic heterocycles. The summed E-state index contributed by atoms with van der Waals surface area (Å²) in [6.45, 7) is 12.6. The summed E-state index contributed by atoms with van der Waals surface area (Å²) >= 11 is 0. The molecule has 0 saturated heterocycles. The van der Waals surface area contributed by atoms with Gasteiger partial charge in [-0.25, -0.2) is 4.98 Å². The van der Waals surface area contributed by atoms with Crippen LogP contribution in [0.2, 0.25) is 0 Å². The number of hydrogen-bond donors (Lipinski definition) is 1. The van der Waals surface area contributed by atoms with Crippen molar-refractivity contribution in [1.29, 1.82) is 0 Å². The fourth-order valence-corrected chi connectivity index (χ4v) is 1.92. The normalized spacial score (nSPS) is 11.7. The van der Waals surface area contributed by atoms with Crippen molar-refractivity contribution < 1.29 is 4.74 Å². The summed E-state index contributed by atoms with van der Waals surface area (Å²) < 4.78 is 6.05.